The van der Waals surface area contributed by atoms with Crippen LogP contribution in [0.5, 0.6) is 0 Å². The molecule has 0 bridgehead atoms. The molecule has 0 fully saturated rings. The van der Waals surface area contributed by atoms with E-state index in [2.05, 4.69) is 15.3 Å². The van der Waals surface area contributed by atoms with E-state index in [4.69, 9.17) is 5.11 Å². The molecule has 0 spiro atoms. The van der Waals surface area contributed by atoms with Crippen molar-refractivity contribution in [1.82, 2.24) is 9.97 Å². The minimum Gasteiger partial charge on any atom is -0.476 e. The summed E-state index contributed by atoms with van der Waals surface area (Å²) in [7, 11) is 0. The molecule has 2 rings (SSSR count). The van der Waals surface area contributed by atoms with E-state index in [9.17, 15) is 4.79 Å². The third-order valence-electron chi connectivity index (χ3n) is 2.57. The maximum absolute atomic E-state index is 11.0. The van der Waals surface area contributed by atoms with E-state index in [1.54, 1.807) is 24.5 Å². The Morgan fingerprint density at radius 3 is 2.78 bits per heavy atom. The van der Waals surface area contributed by atoms with Crippen LogP contribution in [-0.4, -0.2) is 21.0 Å². The first-order valence-corrected chi connectivity index (χ1v) is 5.53. The van der Waals surface area contributed by atoms with Crippen molar-refractivity contribution in [2.45, 2.75) is 13.0 Å². The van der Waals surface area contributed by atoms with Crippen molar-refractivity contribution in [3.05, 3.63) is 54.1 Å². The van der Waals surface area contributed by atoms with Gasteiger partial charge in [-0.2, -0.15) is 0 Å². The third-order valence-corrected chi connectivity index (χ3v) is 2.57. The molecule has 0 aromatic carbocycles. The number of hydrogen-bond donors (Lipinski definition) is 2. The van der Waals surface area contributed by atoms with Crippen LogP contribution in [0, 0.1) is 0 Å². The highest BCUT2D eigenvalue weighted by atomic mass is 16.4. The number of carbonyl (C=O) groups is 1. The summed E-state index contributed by atoms with van der Waals surface area (Å²) in [6, 6.07) is 7.13. The summed E-state index contributed by atoms with van der Waals surface area (Å²) in [6.45, 7) is 1.94. The Kier molecular flexibility index (Phi) is 3.52. The Morgan fingerprint density at radius 2 is 2.11 bits per heavy atom. The minimum absolute atomic E-state index is 0.0215. The summed E-state index contributed by atoms with van der Waals surface area (Å²) in [6.07, 6.45) is 4.90. The lowest BCUT2D eigenvalue weighted by atomic mass is 10.1. The first-order chi connectivity index (χ1) is 8.68. The van der Waals surface area contributed by atoms with Gasteiger partial charge in [0.2, 0.25) is 0 Å². The highest BCUT2D eigenvalue weighted by molar-refractivity contribution is 5.91. The number of anilines is 1. The molecule has 0 saturated carbocycles. The maximum Gasteiger partial charge on any atom is 0.356 e. The molecule has 2 N–H and O–H groups in total. The molecule has 0 aliphatic carbocycles. The quantitative estimate of drug-likeness (QED) is 0.862. The van der Waals surface area contributed by atoms with Crippen LogP contribution in [0.1, 0.15) is 29.0 Å². The van der Waals surface area contributed by atoms with E-state index >= 15 is 0 Å². The zero-order valence-electron chi connectivity index (χ0n) is 9.87. The standard InChI is InChI=1S/C13H13N3O2/c1-9(10-4-2-6-14-8-10)16-11-5-3-7-15-12(11)13(17)18/h2-9,16H,1H3,(H,17,18). The molecule has 1 unspecified atom stereocenters. The first-order valence-electron chi connectivity index (χ1n) is 5.53. The lowest BCUT2D eigenvalue weighted by Crippen LogP contribution is -2.12. The number of hydrogen-bond acceptors (Lipinski definition) is 4. The van der Waals surface area contributed by atoms with Crippen LogP contribution in [0.15, 0.2) is 42.9 Å². The van der Waals surface area contributed by atoms with Gasteiger partial charge in [0.05, 0.1) is 11.7 Å². The van der Waals surface area contributed by atoms with Gasteiger partial charge in [0.1, 0.15) is 0 Å². The summed E-state index contributed by atoms with van der Waals surface area (Å²) < 4.78 is 0. The summed E-state index contributed by atoms with van der Waals surface area (Å²) in [5.41, 5.74) is 1.51. The largest absolute Gasteiger partial charge is 0.476 e. The zero-order valence-corrected chi connectivity index (χ0v) is 9.87. The Balaban J connectivity index is 2.22. The highest BCUT2D eigenvalue weighted by Gasteiger charge is 2.13. The number of carboxylic acid groups (broad SMARTS) is 1. The van der Waals surface area contributed by atoms with Crippen LogP contribution in [-0.2, 0) is 0 Å². The van der Waals surface area contributed by atoms with E-state index in [1.807, 2.05) is 19.1 Å². The fourth-order valence-electron chi connectivity index (χ4n) is 1.64. The second kappa shape index (κ2) is 5.27. The summed E-state index contributed by atoms with van der Waals surface area (Å²) in [4.78, 5) is 18.9. The lowest BCUT2D eigenvalue weighted by molar-refractivity contribution is 0.0691. The second-order valence-electron chi connectivity index (χ2n) is 3.86. The van der Waals surface area contributed by atoms with Crippen molar-refractivity contribution < 1.29 is 9.90 Å². The Bertz CT molecular complexity index is 543. The molecule has 0 aliphatic rings. The normalized spacial score (nSPS) is 11.8. The number of carboxylic acids is 1. The molecular formula is C13H13N3O2. The molecule has 2 aromatic rings. The monoisotopic (exact) mass is 243 g/mol. The van der Waals surface area contributed by atoms with Crippen LogP contribution in [0.4, 0.5) is 5.69 Å². The maximum atomic E-state index is 11.0. The number of rotatable bonds is 4. The van der Waals surface area contributed by atoms with Crippen LogP contribution in [0.2, 0.25) is 0 Å². The minimum atomic E-state index is -1.04. The molecule has 1 atom stereocenters. The SMILES string of the molecule is CC(Nc1cccnc1C(=O)O)c1cccnc1. The molecule has 18 heavy (non-hydrogen) atoms. The lowest BCUT2D eigenvalue weighted by Gasteiger charge is -2.16. The van der Waals surface area contributed by atoms with Crippen LogP contribution >= 0.6 is 0 Å². The predicted octanol–water partition coefficient (Wildman–Crippen LogP) is 2.35. The average molecular weight is 243 g/mol. The molecule has 0 saturated heterocycles. The van der Waals surface area contributed by atoms with Gasteiger partial charge in [-0.3, -0.25) is 4.98 Å². The van der Waals surface area contributed by atoms with E-state index in [-0.39, 0.29) is 11.7 Å². The number of pyridine rings is 2. The number of aromatic carboxylic acids is 1. The number of nitrogens with one attached hydrogen (secondary N) is 1. The first kappa shape index (κ1) is 12.0. The van der Waals surface area contributed by atoms with Gasteiger partial charge in [0, 0.05) is 18.6 Å². The van der Waals surface area contributed by atoms with E-state index in [1.165, 1.54) is 6.20 Å². The third kappa shape index (κ3) is 2.63. The molecule has 2 aromatic heterocycles. The molecule has 0 amide bonds. The molecular weight excluding hydrogens is 230 g/mol. The van der Waals surface area contributed by atoms with Crippen molar-refractivity contribution in [2.24, 2.45) is 0 Å². The highest BCUT2D eigenvalue weighted by Crippen LogP contribution is 2.20. The van der Waals surface area contributed by atoms with Gasteiger partial charge in [-0.05, 0) is 30.7 Å². The predicted molar refractivity (Wildman–Crippen MR) is 67.5 cm³/mol. The molecule has 2 heterocycles. The van der Waals surface area contributed by atoms with Gasteiger partial charge in [0.25, 0.3) is 0 Å². The number of nitrogens with zero attached hydrogens (tertiary/aromatic N) is 2. The van der Waals surface area contributed by atoms with Crippen LogP contribution < -0.4 is 5.32 Å². The summed E-state index contributed by atoms with van der Waals surface area (Å²) in [5, 5.41) is 12.2. The Labute approximate surface area is 105 Å². The van der Waals surface area contributed by atoms with Crippen molar-refractivity contribution in [3.63, 3.8) is 0 Å². The fraction of sp³-hybridized carbons (Fsp3) is 0.154. The molecule has 0 aliphatic heterocycles. The topological polar surface area (TPSA) is 75.1 Å². The average Bonchev–Trinajstić information content (AvgIpc) is 2.40. The summed E-state index contributed by atoms with van der Waals surface area (Å²) >= 11 is 0. The zero-order chi connectivity index (χ0) is 13.0. The number of aromatic nitrogens is 2. The van der Waals surface area contributed by atoms with Crippen molar-refractivity contribution >= 4 is 11.7 Å². The van der Waals surface area contributed by atoms with Crippen LogP contribution in [0.3, 0.4) is 0 Å². The van der Waals surface area contributed by atoms with E-state index in [0.717, 1.165) is 5.56 Å². The molecule has 0 radical (unpaired) electrons. The fourth-order valence-corrected chi connectivity index (χ4v) is 1.64. The van der Waals surface area contributed by atoms with Crippen molar-refractivity contribution in [3.8, 4) is 0 Å². The van der Waals surface area contributed by atoms with Crippen LogP contribution in [0.25, 0.3) is 0 Å². The van der Waals surface area contributed by atoms with Gasteiger partial charge >= 0.3 is 5.97 Å². The Morgan fingerprint density at radius 1 is 1.33 bits per heavy atom. The van der Waals surface area contributed by atoms with Gasteiger partial charge in [0.15, 0.2) is 5.69 Å². The second-order valence-corrected chi connectivity index (χ2v) is 3.86. The van der Waals surface area contributed by atoms with Crippen molar-refractivity contribution in [2.75, 3.05) is 5.32 Å². The van der Waals surface area contributed by atoms with E-state index in [0.29, 0.717) is 5.69 Å². The molecule has 5 nitrogen and oxygen atoms in total. The molecule has 5 heteroatoms. The smallest absolute Gasteiger partial charge is 0.356 e. The van der Waals surface area contributed by atoms with Gasteiger partial charge in [-0.15, -0.1) is 0 Å². The van der Waals surface area contributed by atoms with Crippen molar-refractivity contribution in [1.29, 1.82) is 0 Å². The molecule has 92 valence electrons. The Hall–Kier alpha value is -2.43. The van der Waals surface area contributed by atoms with Gasteiger partial charge in [-0.25, -0.2) is 9.78 Å². The van der Waals surface area contributed by atoms with E-state index < -0.39 is 5.97 Å². The van der Waals surface area contributed by atoms with Gasteiger partial charge < -0.3 is 10.4 Å². The summed E-state index contributed by atoms with van der Waals surface area (Å²) in [5.74, 6) is -1.04. The van der Waals surface area contributed by atoms with Gasteiger partial charge in [-0.1, -0.05) is 6.07 Å².